The van der Waals surface area contributed by atoms with Gasteiger partial charge in [0.25, 0.3) is 0 Å². The standard InChI is InChI=1S/C18H25N5O2/c1-2-16-21-17-15(9-6-10-23(17)22-16)20-18(25)19-12-14(24)11-13-7-4-3-5-8-13/h3-5,7-8,14-15,24H,2,6,9-12H2,1H3,(H2,19,20,25). The third kappa shape index (κ3) is 4.57. The average molecular weight is 343 g/mol. The highest BCUT2D eigenvalue weighted by Crippen LogP contribution is 2.23. The van der Waals surface area contributed by atoms with Crippen molar-refractivity contribution < 1.29 is 9.90 Å². The minimum Gasteiger partial charge on any atom is -0.391 e. The zero-order chi connectivity index (χ0) is 17.6. The highest BCUT2D eigenvalue weighted by molar-refractivity contribution is 5.74. The van der Waals surface area contributed by atoms with Crippen molar-refractivity contribution in [1.29, 1.82) is 0 Å². The van der Waals surface area contributed by atoms with Crippen molar-refractivity contribution >= 4 is 6.03 Å². The first-order chi connectivity index (χ1) is 12.2. The Balaban J connectivity index is 1.49. The van der Waals surface area contributed by atoms with E-state index >= 15 is 0 Å². The van der Waals surface area contributed by atoms with Crippen LogP contribution in [-0.2, 0) is 19.4 Å². The van der Waals surface area contributed by atoms with E-state index in [1.54, 1.807) is 0 Å². The van der Waals surface area contributed by atoms with Crippen LogP contribution in [0.25, 0.3) is 0 Å². The predicted octanol–water partition coefficient (Wildman–Crippen LogP) is 1.58. The van der Waals surface area contributed by atoms with Gasteiger partial charge in [0, 0.05) is 25.9 Å². The Morgan fingerprint density at radius 1 is 1.40 bits per heavy atom. The van der Waals surface area contributed by atoms with Crippen LogP contribution in [0.5, 0.6) is 0 Å². The Kier molecular flexibility index (Phi) is 5.65. The van der Waals surface area contributed by atoms with Gasteiger partial charge in [-0.05, 0) is 18.4 Å². The second kappa shape index (κ2) is 8.11. The second-order valence-electron chi connectivity index (χ2n) is 6.36. The van der Waals surface area contributed by atoms with Gasteiger partial charge in [0.1, 0.15) is 5.82 Å². The first kappa shape index (κ1) is 17.4. The molecule has 3 rings (SSSR count). The summed E-state index contributed by atoms with van der Waals surface area (Å²) in [7, 11) is 0. The summed E-state index contributed by atoms with van der Waals surface area (Å²) in [6, 6.07) is 9.32. The van der Waals surface area contributed by atoms with Crippen molar-refractivity contribution in [3.05, 3.63) is 47.5 Å². The molecular weight excluding hydrogens is 318 g/mol. The highest BCUT2D eigenvalue weighted by Gasteiger charge is 2.25. The number of aliphatic hydroxyl groups is 1. The van der Waals surface area contributed by atoms with Gasteiger partial charge in [0.2, 0.25) is 0 Å². The van der Waals surface area contributed by atoms with Gasteiger partial charge in [-0.3, -0.25) is 0 Å². The Morgan fingerprint density at radius 2 is 2.20 bits per heavy atom. The van der Waals surface area contributed by atoms with Gasteiger partial charge in [-0.15, -0.1) is 0 Å². The topological polar surface area (TPSA) is 92.1 Å². The molecule has 7 heteroatoms. The molecule has 0 saturated carbocycles. The Bertz CT molecular complexity index is 701. The predicted molar refractivity (Wildman–Crippen MR) is 94.1 cm³/mol. The molecule has 1 aromatic carbocycles. The van der Waals surface area contributed by atoms with Crippen molar-refractivity contribution in [2.24, 2.45) is 0 Å². The van der Waals surface area contributed by atoms with E-state index in [4.69, 9.17) is 0 Å². The molecule has 2 unspecified atom stereocenters. The lowest BCUT2D eigenvalue weighted by atomic mass is 10.1. The third-order valence-electron chi connectivity index (χ3n) is 4.35. The number of rotatable bonds is 6. The smallest absolute Gasteiger partial charge is 0.315 e. The maximum absolute atomic E-state index is 12.2. The van der Waals surface area contributed by atoms with E-state index in [1.165, 1.54) is 0 Å². The van der Waals surface area contributed by atoms with E-state index < -0.39 is 6.10 Å². The number of nitrogens with zero attached hydrogens (tertiary/aromatic N) is 3. The number of hydrogen-bond donors (Lipinski definition) is 3. The highest BCUT2D eigenvalue weighted by atomic mass is 16.3. The molecule has 1 aliphatic rings. The number of aryl methyl sites for hydroxylation is 2. The van der Waals surface area contributed by atoms with E-state index in [9.17, 15) is 9.90 Å². The number of urea groups is 1. The molecule has 2 aromatic rings. The van der Waals surface area contributed by atoms with Crippen LogP contribution < -0.4 is 10.6 Å². The van der Waals surface area contributed by atoms with E-state index in [2.05, 4.69) is 20.7 Å². The lowest BCUT2D eigenvalue weighted by molar-refractivity contribution is 0.169. The maximum Gasteiger partial charge on any atom is 0.315 e. The summed E-state index contributed by atoms with van der Waals surface area (Å²) in [5.74, 6) is 1.63. The quantitative estimate of drug-likeness (QED) is 0.742. The summed E-state index contributed by atoms with van der Waals surface area (Å²) in [5.41, 5.74) is 1.05. The molecule has 2 amide bonds. The van der Waals surface area contributed by atoms with Gasteiger partial charge < -0.3 is 15.7 Å². The fraction of sp³-hybridized carbons (Fsp3) is 0.500. The van der Waals surface area contributed by atoms with Crippen molar-refractivity contribution in [2.75, 3.05) is 6.54 Å². The van der Waals surface area contributed by atoms with Crippen LogP contribution in [0.3, 0.4) is 0 Å². The summed E-state index contributed by atoms with van der Waals surface area (Å²) in [6.07, 6.45) is 2.49. The molecule has 1 aromatic heterocycles. The summed E-state index contributed by atoms with van der Waals surface area (Å²) in [5, 5.41) is 20.2. The molecule has 0 fully saturated rings. The first-order valence-corrected chi connectivity index (χ1v) is 8.85. The molecule has 0 spiro atoms. The van der Waals surface area contributed by atoms with Crippen molar-refractivity contribution in [3.63, 3.8) is 0 Å². The van der Waals surface area contributed by atoms with Crippen LogP contribution in [0.1, 0.15) is 43.0 Å². The summed E-state index contributed by atoms with van der Waals surface area (Å²) < 4.78 is 1.89. The number of fused-ring (bicyclic) bond motifs is 1. The number of aromatic nitrogens is 3. The summed E-state index contributed by atoms with van der Waals surface area (Å²) >= 11 is 0. The molecule has 3 N–H and O–H groups in total. The largest absolute Gasteiger partial charge is 0.391 e. The van der Waals surface area contributed by atoms with Gasteiger partial charge in [-0.25, -0.2) is 14.5 Å². The number of benzene rings is 1. The normalized spacial score (nSPS) is 17.6. The minimum absolute atomic E-state index is 0.132. The average Bonchev–Trinajstić information content (AvgIpc) is 3.05. The zero-order valence-corrected chi connectivity index (χ0v) is 14.5. The van der Waals surface area contributed by atoms with E-state index in [-0.39, 0.29) is 18.6 Å². The van der Waals surface area contributed by atoms with E-state index in [1.807, 2.05) is 41.9 Å². The van der Waals surface area contributed by atoms with Crippen molar-refractivity contribution in [2.45, 2.75) is 51.3 Å². The molecule has 0 radical (unpaired) electrons. The van der Waals surface area contributed by atoms with Gasteiger partial charge in [0.15, 0.2) is 5.82 Å². The van der Waals surface area contributed by atoms with Crippen LogP contribution in [0.4, 0.5) is 4.79 Å². The van der Waals surface area contributed by atoms with E-state index in [0.29, 0.717) is 6.42 Å². The second-order valence-corrected chi connectivity index (χ2v) is 6.36. The van der Waals surface area contributed by atoms with Crippen molar-refractivity contribution in [3.8, 4) is 0 Å². The van der Waals surface area contributed by atoms with Crippen molar-refractivity contribution in [1.82, 2.24) is 25.4 Å². The molecule has 2 atom stereocenters. The fourth-order valence-electron chi connectivity index (χ4n) is 3.06. The summed E-state index contributed by atoms with van der Waals surface area (Å²) in [6.45, 7) is 3.07. The zero-order valence-electron chi connectivity index (χ0n) is 14.5. The molecule has 2 heterocycles. The molecule has 7 nitrogen and oxygen atoms in total. The minimum atomic E-state index is -0.616. The Hall–Kier alpha value is -2.41. The Labute approximate surface area is 147 Å². The van der Waals surface area contributed by atoms with Crippen LogP contribution >= 0.6 is 0 Å². The van der Waals surface area contributed by atoms with Gasteiger partial charge in [-0.1, -0.05) is 37.3 Å². The monoisotopic (exact) mass is 343 g/mol. The van der Waals surface area contributed by atoms with E-state index in [0.717, 1.165) is 43.0 Å². The third-order valence-corrected chi connectivity index (χ3v) is 4.35. The Morgan fingerprint density at radius 3 is 2.96 bits per heavy atom. The fourth-order valence-corrected chi connectivity index (χ4v) is 3.06. The molecular formula is C18H25N5O2. The molecule has 0 saturated heterocycles. The van der Waals surface area contributed by atoms with Crippen LogP contribution in [0.2, 0.25) is 0 Å². The number of hydrogen-bond acceptors (Lipinski definition) is 4. The lowest BCUT2D eigenvalue weighted by Gasteiger charge is -2.23. The number of carbonyl (C=O) groups is 1. The molecule has 1 aliphatic heterocycles. The lowest BCUT2D eigenvalue weighted by Crippen LogP contribution is -2.43. The summed E-state index contributed by atoms with van der Waals surface area (Å²) in [4.78, 5) is 16.7. The number of amides is 2. The van der Waals surface area contributed by atoms with Gasteiger partial charge >= 0.3 is 6.03 Å². The number of carbonyl (C=O) groups excluding carboxylic acids is 1. The molecule has 25 heavy (non-hydrogen) atoms. The number of nitrogens with one attached hydrogen (secondary N) is 2. The van der Waals surface area contributed by atoms with Crippen LogP contribution in [0, 0.1) is 0 Å². The first-order valence-electron chi connectivity index (χ1n) is 8.85. The molecule has 134 valence electrons. The van der Waals surface area contributed by atoms with Crippen LogP contribution in [0.15, 0.2) is 30.3 Å². The SMILES string of the molecule is CCc1nc2n(n1)CCCC2NC(=O)NCC(O)Cc1ccccc1. The molecule has 0 aliphatic carbocycles. The van der Waals surface area contributed by atoms with Gasteiger partial charge in [-0.2, -0.15) is 5.10 Å². The molecule has 0 bridgehead atoms. The van der Waals surface area contributed by atoms with Gasteiger partial charge in [0.05, 0.1) is 12.1 Å². The van der Waals surface area contributed by atoms with Crippen LogP contribution in [-0.4, -0.2) is 38.6 Å². The number of aliphatic hydroxyl groups excluding tert-OH is 1. The maximum atomic E-state index is 12.2.